The van der Waals surface area contributed by atoms with Gasteiger partial charge in [-0.25, -0.2) is 4.98 Å². The molecule has 12 heteroatoms. The van der Waals surface area contributed by atoms with Gasteiger partial charge in [0.25, 0.3) is 5.56 Å². The molecule has 11 nitrogen and oxygen atoms in total. The topological polar surface area (TPSA) is 128 Å². The van der Waals surface area contributed by atoms with E-state index in [-0.39, 0.29) is 24.6 Å². The van der Waals surface area contributed by atoms with Gasteiger partial charge in [-0.2, -0.15) is 4.98 Å². The van der Waals surface area contributed by atoms with Crippen molar-refractivity contribution in [3.05, 3.63) is 63.6 Å². The second kappa shape index (κ2) is 12.9. The summed E-state index contributed by atoms with van der Waals surface area (Å²) in [5.74, 6) is 0.619. The van der Waals surface area contributed by atoms with Crippen LogP contribution >= 0.6 is 15.9 Å². The summed E-state index contributed by atoms with van der Waals surface area (Å²) in [6.45, 7) is 2.69. The molecule has 1 aliphatic rings. The molecule has 1 saturated heterocycles. The number of hydrogen-bond donors (Lipinski definition) is 4. The Kier molecular flexibility index (Phi) is 9.32. The molecule has 0 radical (unpaired) electrons. The van der Waals surface area contributed by atoms with Crippen molar-refractivity contribution in [2.24, 2.45) is 0 Å². The van der Waals surface area contributed by atoms with Crippen LogP contribution in [0.2, 0.25) is 0 Å². The minimum Gasteiger partial charge on any atom is -0.395 e. The number of rotatable bonds is 10. The number of amides is 1. The van der Waals surface area contributed by atoms with Crippen LogP contribution in [0.15, 0.2) is 58.1 Å². The highest BCUT2D eigenvalue weighted by Gasteiger charge is 2.19. The van der Waals surface area contributed by atoms with Gasteiger partial charge >= 0.3 is 0 Å². The minimum atomic E-state index is -0.327. The first-order valence-corrected chi connectivity index (χ1v) is 13.3. The molecule has 4 rings (SSSR count). The first-order valence-electron chi connectivity index (χ1n) is 12.5. The van der Waals surface area contributed by atoms with Gasteiger partial charge in [0.1, 0.15) is 12.2 Å². The summed E-state index contributed by atoms with van der Waals surface area (Å²) in [6.07, 6.45) is 5.27. The normalized spacial score (nSPS) is 13.8. The number of piperidine rings is 1. The smallest absolute Gasteiger partial charge is 0.274 e. The zero-order valence-corrected chi connectivity index (χ0v) is 23.1. The van der Waals surface area contributed by atoms with Crippen molar-refractivity contribution >= 4 is 50.7 Å². The molecule has 0 spiro atoms. The van der Waals surface area contributed by atoms with E-state index in [0.29, 0.717) is 34.5 Å². The third-order valence-corrected chi connectivity index (χ3v) is 6.93. The molecule has 1 fully saturated rings. The Labute approximate surface area is 230 Å². The highest BCUT2D eigenvalue weighted by Crippen LogP contribution is 2.26. The van der Waals surface area contributed by atoms with E-state index >= 15 is 0 Å². The highest BCUT2D eigenvalue weighted by atomic mass is 79.9. The average molecular weight is 586 g/mol. The van der Waals surface area contributed by atoms with Gasteiger partial charge in [0.15, 0.2) is 5.82 Å². The van der Waals surface area contributed by atoms with Crippen LogP contribution < -0.4 is 26.4 Å². The molecule has 0 saturated carbocycles. The maximum absolute atomic E-state index is 12.9. The van der Waals surface area contributed by atoms with Gasteiger partial charge in [0.05, 0.1) is 11.1 Å². The third kappa shape index (κ3) is 7.09. The highest BCUT2D eigenvalue weighted by molar-refractivity contribution is 9.10. The number of aliphatic hydroxyl groups excluding tert-OH is 1. The quantitative estimate of drug-likeness (QED) is 0.284. The van der Waals surface area contributed by atoms with E-state index in [1.165, 1.54) is 9.47 Å². The molecule has 202 valence electrons. The Morgan fingerprint density at radius 2 is 1.89 bits per heavy atom. The fraction of sp³-hybridized carbons (Fsp3) is 0.385. The zero-order chi connectivity index (χ0) is 27.1. The lowest BCUT2D eigenvalue weighted by atomic mass is 10.0. The first-order chi connectivity index (χ1) is 18.3. The minimum absolute atomic E-state index is 0.0479. The van der Waals surface area contributed by atoms with Crippen LogP contribution in [0.25, 0.3) is 0 Å². The number of carbonyl (C=O) groups is 1. The molecule has 1 aromatic carbocycles. The van der Waals surface area contributed by atoms with Gasteiger partial charge in [0, 0.05) is 63.5 Å². The van der Waals surface area contributed by atoms with E-state index in [9.17, 15) is 9.59 Å². The molecule has 38 heavy (non-hydrogen) atoms. The van der Waals surface area contributed by atoms with E-state index in [4.69, 9.17) is 5.11 Å². The van der Waals surface area contributed by atoms with Crippen LogP contribution in [-0.2, 0) is 11.3 Å². The lowest BCUT2D eigenvalue weighted by Crippen LogP contribution is -2.43. The van der Waals surface area contributed by atoms with Crippen LogP contribution in [-0.4, -0.2) is 76.8 Å². The third-order valence-electron chi connectivity index (χ3n) is 6.35. The second-order valence-electron chi connectivity index (χ2n) is 9.27. The predicted octanol–water partition coefficient (Wildman–Crippen LogP) is 2.53. The zero-order valence-electron chi connectivity index (χ0n) is 21.5. The van der Waals surface area contributed by atoms with Crippen molar-refractivity contribution in [2.75, 3.05) is 55.9 Å². The summed E-state index contributed by atoms with van der Waals surface area (Å²) in [6, 6.07) is 11.9. The van der Waals surface area contributed by atoms with Crippen molar-refractivity contribution in [2.45, 2.75) is 25.4 Å². The van der Waals surface area contributed by atoms with E-state index in [0.717, 1.165) is 37.3 Å². The first kappa shape index (κ1) is 27.6. The molecule has 3 heterocycles. The van der Waals surface area contributed by atoms with Gasteiger partial charge in [-0.3, -0.25) is 9.59 Å². The van der Waals surface area contributed by atoms with E-state index in [2.05, 4.69) is 58.9 Å². The Morgan fingerprint density at radius 3 is 2.58 bits per heavy atom. The maximum atomic E-state index is 12.9. The van der Waals surface area contributed by atoms with Crippen LogP contribution in [0.5, 0.6) is 0 Å². The van der Waals surface area contributed by atoms with Crippen molar-refractivity contribution in [1.82, 2.24) is 24.8 Å². The van der Waals surface area contributed by atoms with E-state index < -0.39 is 0 Å². The lowest BCUT2D eigenvalue weighted by Gasteiger charge is -2.34. The number of likely N-dealkylation sites (N-methyl/N-ethyl adjacent to an activating group) is 1. The Balaban J connectivity index is 1.41. The molecular weight excluding hydrogens is 552 g/mol. The molecule has 3 aromatic rings. The number of halogens is 1. The predicted molar refractivity (Wildman–Crippen MR) is 152 cm³/mol. The standard InChI is InChI=1S/C26H33BrN8O3/c1-33(2)23(37)17-35-12-3-4-22(25(35)38)31-24-21(27)16-29-26(32-24)30-19-5-7-20(8-6-19)34-13-9-18(10-14-34)28-11-15-36/h3-8,12,16,18,28,36H,9-11,13-15,17H2,1-2H3,(H2,29,30,31,32). The number of carbonyl (C=O) groups excluding carboxylic acids is 1. The van der Waals surface area contributed by atoms with Crippen LogP contribution in [0.3, 0.4) is 0 Å². The van der Waals surface area contributed by atoms with Crippen molar-refractivity contribution < 1.29 is 9.90 Å². The lowest BCUT2D eigenvalue weighted by molar-refractivity contribution is -0.129. The summed E-state index contributed by atoms with van der Waals surface area (Å²) >= 11 is 3.44. The molecule has 1 amide bonds. The number of aromatic nitrogens is 3. The molecule has 1 aliphatic heterocycles. The monoisotopic (exact) mass is 584 g/mol. The van der Waals surface area contributed by atoms with E-state index in [1.54, 1.807) is 38.6 Å². The summed E-state index contributed by atoms with van der Waals surface area (Å²) < 4.78 is 1.95. The molecule has 0 bridgehead atoms. The van der Waals surface area contributed by atoms with Gasteiger partial charge in [-0.05, 0) is 65.2 Å². The molecule has 4 N–H and O–H groups in total. The van der Waals surface area contributed by atoms with Crippen LogP contribution in [0.4, 0.5) is 28.8 Å². The molecule has 0 atom stereocenters. The summed E-state index contributed by atoms with van der Waals surface area (Å²) in [7, 11) is 3.30. The summed E-state index contributed by atoms with van der Waals surface area (Å²) in [4.78, 5) is 37.6. The molecule has 0 unspecified atom stereocenters. The fourth-order valence-electron chi connectivity index (χ4n) is 4.18. The van der Waals surface area contributed by atoms with Crippen molar-refractivity contribution in [1.29, 1.82) is 0 Å². The number of benzene rings is 1. The summed E-state index contributed by atoms with van der Waals surface area (Å²) in [5.41, 5.74) is 1.96. The van der Waals surface area contributed by atoms with Crippen LogP contribution in [0, 0.1) is 0 Å². The Hall–Kier alpha value is -3.48. The average Bonchev–Trinajstić information content (AvgIpc) is 2.92. The number of nitrogens with one attached hydrogen (secondary N) is 3. The van der Waals surface area contributed by atoms with E-state index in [1.807, 2.05) is 12.1 Å². The van der Waals surface area contributed by atoms with Gasteiger partial charge in [-0.1, -0.05) is 0 Å². The van der Waals surface area contributed by atoms with Gasteiger partial charge < -0.3 is 35.4 Å². The molecule has 2 aromatic heterocycles. The number of pyridine rings is 1. The maximum Gasteiger partial charge on any atom is 0.274 e. The van der Waals surface area contributed by atoms with Crippen LogP contribution in [0.1, 0.15) is 12.8 Å². The van der Waals surface area contributed by atoms with Crippen molar-refractivity contribution in [3.8, 4) is 0 Å². The fourth-order valence-corrected chi connectivity index (χ4v) is 4.47. The van der Waals surface area contributed by atoms with Gasteiger partial charge in [-0.15, -0.1) is 0 Å². The Bertz CT molecular complexity index is 1290. The number of anilines is 5. The SMILES string of the molecule is CN(C)C(=O)Cn1cccc(Nc2nc(Nc3ccc(N4CCC(NCCO)CC4)cc3)ncc2Br)c1=O. The number of hydrogen-bond acceptors (Lipinski definition) is 9. The number of aliphatic hydroxyl groups is 1. The largest absolute Gasteiger partial charge is 0.395 e. The Morgan fingerprint density at radius 1 is 1.16 bits per heavy atom. The van der Waals surface area contributed by atoms with Gasteiger partial charge in [0.2, 0.25) is 11.9 Å². The van der Waals surface area contributed by atoms with Crippen molar-refractivity contribution in [3.63, 3.8) is 0 Å². The molecular formula is C26H33BrN8O3. The number of nitrogens with zero attached hydrogens (tertiary/aromatic N) is 5. The molecule has 0 aliphatic carbocycles. The second-order valence-corrected chi connectivity index (χ2v) is 10.1. The summed E-state index contributed by atoms with van der Waals surface area (Å²) in [5, 5.41) is 18.6.